The lowest BCUT2D eigenvalue weighted by Crippen LogP contribution is -2.67. The molecule has 0 saturated carbocycles. The van der Waals surface area contributed by atoms with Crippen LogP contribution >= 0.6 is 11.6 Å². The molecule has 0 radical (unpaired) electrons. The summed E-state index contributed by atoms with van der Waals surface area (Å²) >= 11 is 6.33. The second kappa shape index (κ2) is 10.1. The predicted molar refractivity (Wildman–Crippen MR) is 127 cm³/mol. The van der Waals surface area contributed by atoms with Crippen LogP contribution in [0.25, 0.3) is 0 Å². The summed E-state index contributed by atoms with van der Waals surface area (Å²) in [5.74, 6) is 0. The summed E-state index contributed by atoms with van der Waals surface area (Å²) in [5.41, 5.74) is 0. The van der Waals surface area contributed by atoms with Crippen LogP contribution < -0.4 is 10.4 Å². The normalized spacial score (nSPS) is 22.1. The summed E-state index contributed by atoms with van der Waals surface area (Å²) in [6, 6.07) is 21.2. The van der Waals surface area contributed by atoms with Crippen molar-refractivity contribution in [2.24, 2.45) is 0 Å². The lowest BCUT2D eigenvalue weighted by molar-refractivity contribution is -0.160. The summed E-state index contributed by atoms with van der Waals surface area (Å²) in [6.07, 6.45) is 4.86. The van der Waals surface area contributed by atoms with Gasteiger partial charge in [-0.05, 0) is 15.4 Å². The number of rotatable bonds is 8. The SMILES string of the molecule is C=CCO[C@H]1O[C@H](CO[Si](c2ccccc2)(c2ccccc2)C(C)(C)C)C=C[C@@H]1Cl. The molecule has 0 fully saturated rings. The Morgan fingerprint density at radius 1 is 1.00 bits per heavy atom. The number of benzene rings is 2. The highest BCUT2D eigenvalue weighted by atomic mass is 35.5. The first-order chi connectivity index (χ1) is 14.4. The largest absolute Gasteiger partial charge is 0.404 e. The van der Waals surface area contributed by atoms with E-state index in [1.165, 1.54) is 10.4 Å². The first-order valence-corrected chi connectivity index (χ1v) is 12.7. The fourth-order valence-electron chi connectivity index (χ4n) is 3.97. The van der Waals surface area contributed by atoms with Crippen molar-refractivity contribution in [2.75, 3.05) is 13.2 Å². The first kappa shape index (κ1) is 23.0. The van der Waals surface area contributed by atoms with E-state index < -0.39 is 14.6 Å². The van der Waals surface area contributed by atoms with Crippen LogP contribution in [0.15, 0.2) is 85.5 Å². The second-order valence-corrected chi connectivity index (χ2v) is 13.3. The lowest BCUT2D eigenvalue weighted by Gasteiger charge is -2.44. The molecule has 0 bridgehead atoms. The Morgan fingerprint density at radius 2 is 1.57 bits per heavy atom. The minimum atomic E-state index is -2.60. The van der Waals surface area contributed by atoms with E-state index >= 15 is 0 Å². The molecule has 3 rings (SSSR count). The van der Waals surface area contributed by atoms with Crippen LogP contribution in [0.2, 0.25) is 5.04 Å². The number of ether oxygens (including phenoxy) is 2. The van der Waals surface area contributed by atoms with Crippen molar-refractivity contribution in [1.29, 1.82) is 0 Å². The number of hydrogen-bond acceptors (Lipinski definition) is 3. The van der Waals surface area contributed by atoms with Crippen molar-refractivity contribution in [2.45, 2.75) is 43.6 Å². The Morgan fingerprint density at radius 3 is 2.07 bits per heavy atom. The maximum Gasteiger partial charge on any atom is 0.261 e. The molecule has 0 N–H and O–H groups in total. The smallest absolute Gasteiger partial charge is 0.261 e. The first-order valence-electron chi connectivity index (χ1n) is 10.3. The molecule has 1 aliphatic rings. The van der Waals surface area contributed by atoms with E-state index in [4.69, 9.17) is 25.5 Å². The maximum absolute atomic E-state index is 6.94. The Balaban J connectivity index is 1.92. The van der Waals surface area contributed by atoms with Crippen molar-refractivity contribution in [1.82, 2.24) is 0 Å². The van der Waals surface area contributed by atoms with Gasteiger partial charge in [0.1, 0.15) is 11.5 Å². The monoisotopic (exact) mass is 442 g/mol. The van der Waals surface area contributed by atoms with Gasteiger partial charge in [-0.15, -0.1) is 18.2 Å². The van der Waals surface area contributed by atoms with Crippen LogP contribution in [0.1, 0.15) is 20.8 Å². The molecule has 3 nitrogen and oxygen atoms in total. The molecule has 2 aromatic rings. The molecule has 160 valence electrons. The number of alkyl halides is 1. The van der Waals surface area contributed by atoms with E-state index in [-0.39, 0.29) is 16.5 Å². The van der Waals surface area contributed by atoms with Gasteiger partial charge >= 0.3 is 0 Å². The minimum absolute atomic E-state index is 0.0815. The van der Waals surface area contributed by atoms with Crippen molar-refractivity contribution >= 4 is 30.3 Å². The molecular weight excluding hydrogens is 412 g/mol. The van der Waals surface area contributed by atoms with E-state index in [1.54, 1.807) is 6.08 Å². The molecular formula is C25H31ClO3Si. The topological polar surface area (TPSA) is 27.7 Å². The fraction of sp³-hybridized carbons (Fsp3) is 0.360. The fourth-order valence-corrected chi connectivity index (χ4v) is 8.76. The Kier molecular flexibility index (Phi) is 7.72. The third kappa shape index (κ3) is 4.96. The standard InChI is InChI=1S/C25H31ClO3Si/c1-5-18-27-24-23(26)17-16-20(29-24)19-28-30(25(2,3)4,21-12-8-6-9-13-21)22-14-10-7-11-15-22/h5-17,20,23-24H,1,18-19H2,2-4H3/t20-,23-,24-/m0/s1. The highest BCUT2D eigenvalue weighted by Gasteiger charge is 2.50. The van der Waals surface area contributed by atoms with Gasteiger partial charge in [0.05, 0.1) is 13.2 Å². The zero-order valence-electron chi connectivity index (χ0n) is 18.0. The van der Waals surface area contributed by atoms with E-state index in [2.05, 4.69) is 75.9 Å². The molecule has 1 heterocycles. The highest BCUT2D eigenvalue weighted by Crippen LogP contribution is 2.37. The van der Waals surface area contributed by atoms with Crippen LogP contribution in [-0.4, -0.2) is 39.3 Å². The van der Waals surface area contributed by atoms with Crippen molar-refractivity contribution in [3.8, 4) is 0 Å². The summed E-state index contributed by atoms with van der Waals surface area (Å²) in [5, 5.41) is 2.09. The van der Waals surface area contributed by atoms with Gasteiger partial charge in [-0.3, -0.25) is 0 Å². The third-order valence-corrected chi connectivity index (χ3v) is 10.7. The molecule has 30 heavy (non-hydrogen) atoms. The summed E-state index contributed by atoms with van der Waals surface area (Å²) in [7, 11) is -2.60. The average molecular weight is 443 g/mol. The average Bonchev–Trinajstić information content (AvgIpc) is 2.75. The molecule has 0 saturated heterocycles. The molecule has 0 aromatic heterocycles. The summed E-state index contributed by atoms with van der Waals surface area (Å²) in [6.45, 7) is 11.3. The molecule has 0 unspecified atom stereocenters. The Labute approximate surface area is 186 Å². The minimum Gasteiger partial charge on any atom is -0.404 e. The molecule has 5 heteroatoms. The molecule has 0 spiro atoms. The summed E-state index contributed by atoms with van der Waals surface area (Å²) in [4.78, 5) is 0. The van der Waals surface area contributed by atoms with Gasteiger partial charge in [0.2, 0.25) is 0 Å². The number of hydrogen-bond donors (Lipinski definition) is 0. The predicted octanol–water partition coefficient (Wildman–Crippen LogP) is 4.65. The third-order valence-electron chi connectivity index (χ3n) is 5.34. The van der Waals surface area contributed by atoms with Crippen molar-refractivity contribution in [3.05, 3.63) is 85.5 Å². The van der Waals surface area contributed by atoms with E-state index in [0.717, 1.165) is 0 Å². The molecule has 1 aliphatic heterocycles. The van der Waals surface area contributed by atoms with Gasteiger partial charge in [-0.2, -0.15) is 0 Å². The maximum atomic E-state index is 6.94. The highest BCUT2D eigenvalue weighted by molar-refractivity contribution is 6.99. The van der Waals surface area contributed by atoms with Gasteiger partial charge in [0, 0.05) is 0 Å². The second-order valence-electron chi connectivity index (χ2n) is 8.47. The van der Waals surface area contributed by atoms with E-state index in [0.29, 0.717) is 13.2 Å². The zero-order valence-corrected chi connectivity index (χ0v) is 19.7. The van der Waals surface area contributed by atoms with Gasteiger partial charge in [0.15, 0.2) is 6.29 Å². The summed E-state index contributed by atoms with van der Waals surface area (Å²) < 4.78 is 18.7. The molecule has 2 aromatic carbocycles. The van der Waals surface area contributed by atoms with Crippen molar-refractivity contribution < 1.29 is 13.9 Å². The lowest BCUT2D eigenvalue weighted by atomic mass is 10.2. The quantitative estimate of drug-likeness (QED) is 0.338. The van der Waals surface area contributed by atoms with Crippen molar-refractivity contribution in [3.63, 3.8) is 0 Å². The van der Waals surface area contributed by atoms with Gasteiger partial charge in [0.25, 0.3) is 8.32 Å². The zero-order chi connectivity index (χ0) is 21.6. The Bertz CT molecular complexity index is 793. The molecule has 0 amide bonds. The van der Waals surface area contributed by atoms with Crippen LogP contribution in [-0.2, 0) is 13.9 Å². The van der Waals surface area contributed by atoms with Crippen LogP contribution in [0.4, 0.5) is 0 Å². The van der Waals surface area contributed by atoms with Crippen LogP contribution in [0.5, 0.6) is 0 Å². The Hall–Kier alpha value is -1.69. The molecule has 3 atom stereocenters. The number of halogens is 1. The van der Waals surface area contributed by atoms with Gasteiger partial charge < -0.3 is 13.9 Å². The van der Waals surface area contributed by atoms with Gasteiger partial charge in [-0.25, -0.2) is 0 Å². The van der Waals surface area contributed by atoms with Crippen LogP contribution in [0, 0.1) is 0 Å². The van der Waals surface area contributed by atoms with E-state index in [9.17, 15) is 0 Å². The molecule has 0 aliphatic carbocycles. The van der Waals surface area contributed by atoms with Crippen LogP contribution in [0.3, 0.4) is 0 Å². The van der Waals surface area contributed by atoms with E-state index in [1.807, 2.05) is 24.3 Å². The van der Waals surface area contributed by atoms with Gasteiger partial charge in [-0.1, -0.05) is 99.7 Å².